The SMILES string of the molecule is CCCC(C)(O)CNC(=O)COc1cccc(Cl)c1. The normalized spacial score (nSPS) is 13.7. The monoisotopic (exact) mass is 285 g/mol. The molecule has 0 saturated heterocycles. The van der Waals surface area contributed by atoms with Crippen molar-refractivity contribution in [3.63, 3.8) is 0 Å². The summed E-state index contributed by atoms with van der Waals surface area (Å²) < 4.78 is 5.30. The fourth-order valence-electron chi connectivity index (χ4n) is 1.67. The molecule has 2 N–H and O–H groups in total. The van der Waals surface area contributed by atoms with E-state index in [-0.39, 0.29) is 19.1 Å². The van der Waals surface area contributed by atoms with Crippen molar-refractivity contribution in [3.05, 3.63) is 29.3 Å². The number of amides is 1. The first kappa shape index (κ1) is 15.8. The van der Waals surface area contributed by atoms with E-state index in [9.17, 15) is 9.90 Å². The molecule has 19 heavy (non-hydrogen) atoms. The van der Waals surface area contributed by atoms with E-state index in [0.29, 0.717) is 17.2 Å². The molecule has 0 radical (unpaired) electrons. The van der Waals surface area contributed by atoms with Crippen LogP contribution < -0.4 is 10.1 Å². The predicted molar refractivity (Wildman–Crippen MR) is 75.5 cm³/mol. The maximum Gasteiger partial charge on any atom is 0.258 e. The van der Waals surface area contributed by atoms with Crippen molar-refractivity contribution >= 4 is 17.5 Å². The van der Waals surface area contributed by atoms with E-state index in [1.807, 2.05) is 6.92 Å². The smallest absolute Gasteiger partial charge is 0.258 e. The molecule has 1 amide bonds. The first-order valence-electron chi connectivity index (χ1n) is 6.30. The highest BCUT2D eigenvalue weighted by molar-refractivity contribution is 6.30. The summed E-state index contributed by atoms with van der Waals surface area (Å²) >= 11 is 5.80. The molecule has 0 aromatic heterocycles. The zero-order chi connectivity index (χ0) is 14.3. The number of nitrogens with one attached hydrogen (secondary N) is 1. The van der Waals surface area contributed by atoms with E-state index in [2.05, 4.69) is 5.32 Å². The van der Waals surface area contributed by atoms with Crippen LogP contribution in [-0.2, 0) is 4.79 Å². The fourth-order valence-corrected chi connectivity index (χ4v) is 1.85. The van der Waals surface area contributed by atoms with Crippen LogP contribution >= 0.6 is 11.6 Å². The van der Waals surface area contributed by atoms with Gasteiger partial charge < -0.3 is 15.2 Å². The first-order valence-corrected chi connectivity index (χ1v) is 6.68. The highest BCUT2D eigenvalue weighted by Crippen LogP contribution is 2.16. The van der Waals surface area contributed by atoms with Gasteiger partial charge in [0.1, 0.15) is 5.75 Å². The molecule has 0 saturated carbocycles. The van der Waals surface area contributed by atoms with Crippen molar-refractivity contribution < 1.29 is 14.6 Å². The molecule has 5 heteroatoms. The number of rotatable bonds is 7. The number of hydrogen-bond donors (Lipinski definition) is 2. The molecule has 1 aromatic carbocycles. The Labute approximate surface area is 118 Å². The Bertz CT molecular complexity index is 421. The topological polar surface area (TPSA) is 58.6 Å². The molecule has 0 fully saturated rings. The Morgan fingerprint density at radius 3 is 2.89 bits per heavy atom. The zero-order valence-corrected chi connectivity index (χ0v) is 12.0. The predicted octanol–water partition coefficient (Wildman–Crippen LogP) is 2.39. The van der Waals surface area contributed by atoms with Gasteiger partial charge in [0.2, 0.25) is 0 Å². The molecule has 106 valence electrons. The van der Waals surface area contributed by atoms with Gasteiger partial charge in [0.15, 0.2) is 6.61 Å². The van der Waals surface area contributed by atoms with Crippen LogP contribution in [-0.4, -0.2) is 29.8 Å². The highest BCUT2D eigenvalue weighted by Gasteiger charge is 2.19. The quantitative estimate of drug-likeness (QED) is 0.809. The molecule has 0 spiro atoms. The minimum atomic E-state index is -0.875. The number of halogens is 1. The molecule has 1 atom stereocenters. The number of ether oxygens (including phenoxy) is 1. The standard InChI is InChI=1S/C14H20ClNO3/c1-3-7-14(2,18)10-16-13(17)9-19-12-6-4-5-11(15)8-12/h4-6,8,18H,3,7,9-10H2,1-2H3,(H,16,17). The molecular formula is C14H20ClNO3. The Hall–Kier alpha value is -1.26. The van der Waals surface area contributed by atoms with E-state index >= 15 is 0 Å². The molecule has 0 heterocycles. The van der Waals surface area contributed by atoms with Crippen molar-refractivity contribution in [2.24, 2.45) is 0 Å². The van der Waals surface area contributed by atoms with Crippen LogP contribution in [0.5, 0.6) is 5.75 Å². The maximum atomic E-state index is 11.6. The third-order valence-corrected chi connectivity index (χ3v) is 2.86. The van der Waals surface area contributed by atoms with Crippen molar-refractivity contribution in [3.8, 4) is 5.75 Å². The summed E-state index contributed by atoms with van der Waals surface area (Å²) in [7, 11) is 0. The van der Waals surface area contributed by atoms with Gasteiger partial charge in [0, 0.05) is 11.6 Å². The lowest BCUT2D eigenvalue weighted by Gasteiger charge is -2.22. The Kier molecular flexibility index (Phi) is 6.12. The molecular weight excluding hydrogens is 266 g/mol. The van der Waals surface area contributed by atoms with Gasteiger partial charge in [-0.2, -0.15) is 0 Å². The van der Waals surface area contributed by atoms with Gasteiger partial charge in [-0.25, -0.2) is 0 Å². The van der Waals surface area contributed by atoms with Gasteiger partial charge in [-0.1, -0.05) is 31.0 Å². The van der Waals surface area contributed by atoms with Crippen molar-refractivity contribution in [2.75, 3.05) is 13.2 Å². The van der Waals surface area contributed by atoms with E-state index in [4.69, 9.17) is 16.3 Å². The van der Waals surface area contributed by atoms with Crippen LogP contribution in [0.4, 0.5) is 0 Å². The van der Waals surface area contributed by atoms with Gasteiger partial charge in [-0.05, 0) is 31.5 Å². The van der Waals surface area contributed by atoms with Crippen LogP contribution in [0.3, 0.4) is 0 Å². The highest BCUT2D eigenvalue weighted by atomic mass is 35.5. The molecule has 1 unspecified atom stereocenters. The summed E-state index contributed by atoms with van der Waals surface area (Å²) in [6.45, 7) is 3.81. The van der Waals surface area contributed by atoms with Crippen LogP contribution in [0.2, 0.25) is 5.02 Å². The van der Waals surface area contributed by atoms with Crippen LogP contribution in [0, 0.1) is 0 Å². The molecule has 0 aliphatic carbocycles. The minimum absolute atomic E-state index is 0.0947. The van der Waals surface area contributed by atoms with E-state index in [1.54, 1.807) is 31.2 Å². The summed E-state index contributed by atoms with van der Waals surface area (Å²) in [4.78, 5) is 11.6. The molecule has 0 bridgehead atoms. The number of hydrogen-bond acceptors (Lipinski definition) is 3. The van der Waals surface area contributed by atoms with Crippen LogP contribution in [0.1, 0.15) is 26.7 Å². The largest absolute Gasteiger partial charge is 0.484 e. The second-order valence-electron chi connectivity index (χ2n) is 4.77. The molecule has 4 nitrogen and oxygen atoms in total. The summed E-state index contributed by atoms with van der Waals surface area (Å²) in [5.41, 5.74) is -0.875. The Morgan fingerprint density at radius 1 is 1.53 bits per heavy atom. The summed E-state index contributed by atoms with van der Waals surface area (Å²) in [6, 6.07) is 6.85. The number of carbonyl (C=O) groups is 1. The van der Waals surface area contributed by atoms with Gasteiger partial charge in [-0.15, -0.1) is 0 Å². The molecule has 1 aromatic rings. The average Bonchev–Trinajstić information content (AvgIpc) is 2.34. The summed E-state index contributed by atoms with van der Waals surface area (Å²) in [6.07, 6.45) is 1.50. The average molecular weight is 286 g/mol. The van der Waals surface area contributed by atoms with Crippen LogP contribution in [0.15, 0.2) is 24.3 Å². The third-order valence-electron chi connectivity index (χ3n) is 2.62. The number of carbonyl (C=O) groups excluding carboxylic acids is 1. The lowest BCUT2D eigenvalue weighted by Crippen LogP contribution is -2.42. The lowest BCUT2D eigenvalue weighted by atomic mass is 10.0. The van der Waals surface area contributed by atoms with Crippen molar-refractivity contribution in [1.82, 2.24) is 5.32 Å². The lowest BCUT2D eigenvalue weighted by molar-refractivity contribution is -0.124. The summed E-state index contributed by atoms with van der Waals surface area (Å²) in [5.74, 6) is 0.277. The number of aliphatic hydroxyl groups is 1. The fraction of sp³-hybridized carbons (Fsp3) is 0.500. The third kappa shape index (κ3) is 6.45. The van der Waals surface area contributed by atoms with Gasteiger partial charge in [0.25, 0.3) is 5.91 Å². The van der Waals surface area contributed by atoms with E-state index in [0.717, 1.165) is 6.42 Å². The van der Waals surface area contributed by atoms with E-state index < -0.39 is 5.60 Å². The molecule has 1 rings (SSSR count). The van der Waals surface area contributed by atoms with E-state index in [1.165, 1.54) is 0 Å². The van der Waals surface area contributed by atoms with Crippen LogP contribution in [0.25, 0.3) is 0 Å². The zero-order valence-electron chi connectivity index (χ0n) is 11.3. The Morgan fingerprint density at radius 2 is 2.26 bits per heavy atom. The summed E-state index contributed by atoms with van der Waals surface area (Å²) in [5, 5.41) is 13.1. The second-order valence-corrected chi connectivity index (χ2v) is 5.21. The minimum Gasteiger partial charge on any atom is -0.484 e. The van der Waals surface area contributed by atoms with Crippen molar-refractivity contribution in [2.45, 2.75) is 32.3 Å². The first-order chi connectivity index (χ1) is 8.93. The molecule has 0 aliphatic rings. The van der Waals surface area contributed by atoms with Crippen molar-refractivity contribution in [1.29, 1.82) is 0 Å². The molecule has 0 aliphatic heterocycles. The second kappa shape index (κ2) is 7.36. The van der Waals surface area contributed by atoms with Gasteiger partial charge in [0.05, 0.1) is 5.60 Å². The van der Waals surface area contributed by atoms with Gasteiger partial charge >= 0.3 is 0 Å². The van der Waals surface area contributed by atoms with Gasteiger partial charge in [-0.3, -0.25) is 4.79 Å². The maximum absolute atomic E-state index is 11.6. The Balaban J connectivity index is 2.32. The number of benzene rings is 1.